The maximum Gasteiger partial charge on any atom is 0.211 e. The molecule has 0 radical (unpaired) electrons. The van der Waals surface area contributed by atoms with Crippen LogP contribution >= 0.6 is 0 Å². The lowest BCUT2D eigenvalue weighted by Crippen LogP contribution is -2.29. The molecule has 0 heterocycles. The first-order valence-corrected chi connectivity index (χ1v) is 10.8. The van der Waals surface area contributed by atoms with Crippen molar-refractivity contribution in [3.8, 4) is 0 Å². The van der Waals surface area contributed by atoms with E-state index in [-0.39, 0.29) is 10.8 Å². The predicted molar refractivity (Wildman–Crippen MR) is 107 cm³/mol. The summed E-state index contributed by atoms with van der Waals surface area (Å²) in [5, 5.41) is 0. The highest BCUT2D eigenvalue weighted by Crippen LogP contribution is 2.33. The topological polar surface area (TPSA) is 37.4 Å². The lowest BCUT2D eigenvalue weighted by molar-refractivity contribution is 0.450. The molecule has 24 heavy (non-hydrogen) atoms. The molecule has 4 heteroatoms. The van der Waals surface area contributed by atoms with Crippen LogP contribution in [0.3, 0.4) is 0 Å². The third kappa shape index (κ3) is 8.29. The first-order chi connectivity index (χ1) is 10.9. The van der Waals surface area contributed by atoms with E-state index in [1.54, 1.807) is 0 Å². The summed E-state index contributed by atoms with van der Waals surface area (Å²) in [5.74, 6) is 0. The zero-order valence-electron chi connectivity index (χ0n) is 16.9. The Bertz CT molecular complexity index is 561. The average molecular weight is 356 g/mol. The van der Waals surface area contributed by atoms with Crippen LogP contribution < -0.4 is 0 Å². The second-order valence-electron chi connectivity index (χ2n) is 7.67. The van der Waals surface area contributed by atoms with Gasteiger partial charge in [0.25, 0.3) is 0 Å². The van der Waals surface area contributed by atoms with Gasteiger partial charge in [0.15, 0.2) is 0 Å². The van der Waals surface area contributed by atoms with E-state index in [9.17, 15) is 8.42 Å². The van der Waals surface area contributed by atoms with Gasteiger partial charge in [-0.15, -0.1) is 0 Å². The maximum atomic E-state index is 10.7. The second kappa shape index (κ2) is 9.57. The molecule has 0 spiro atoms. The molecule has 1 unspecified atom stereocenters. The largest absolute Gasteiger partial charge is 0.213 e. The highest BCUT2D eigenvalue weighted by Gasteiger charge is 2.20. The molecule has 0 aromatic rings. The zero-order valence-corrected chi connectivity index (χ0v) is 17.7. The molecule has 1 aliphatic rings. The van der Waals surface area contributed by atoms with Gasteiger partial charge in [0.2, 0.25) is 10.0 Å². The number of hydrogen-bond acceptors (Lipinski definition) is 2. The summed E-state index contributed by atoms with van der Waals surface area (Å²) in [7, 11) is -2.93. The summed E-state index contributed by atoms with van der Waals surface area (Å²) in [6.07, 6.45) is 15.1. The van der Waals surface area contributed by atoms with Crippen molar-refractivity contribution in [3.63, 3.8) is 0 Å². The van der Waals surface area contributed by atoms with E-state index in [2.05, 4.69) is 65.0 Å². The standard InChI is InChI=1S/C15H24.C5H13NO2S/c1-6-10-15(5)11-7-8-13(9-12-15)14(2,3)4;1-4-6(5-2)9(3,7)8/h7-9,11-12H,6,10H2,1-5H3;4-5H2,1-3H3. The Morgan fingerprint density at radius 3 is 1.96 bits per heavy atom. The van der Waals surface area contributed by atoms with Crippen molar-refractivity contribution in [2.75, 3.05) is 19.3 Å². The van der Waals surface area contributed by atoms with Gasteiger partial charge in [0.1, 0.15) is 0 Å². The fourth-order valence-corrected chi connectivity index (χ4v) is 3.60. The fourth-order valence-electron chi connectivity index (χ4n) is 2.66. The molecule has 0 saturated carbocycles. The lowest BCUT2D eigenvalue weighted by Gasteiger charge is -2.22. The van der Waals surface area contributed by atoms with Gasteiger partial charge in [-0.3, -0.25) is 0 Å². The summed E-state index contributed by atoms with van der Waals surface area (Å²) in [6.45, 7) is 16.1. The molecule has 3 nitrogen and oxygen atoms in total. The van der Waals surface area contributed by atoms with Gasteiger partial charge < -0.3 is 0 Å². The van der Waals surface area contributed by atoms with E-state index >= 15 is 0 Å². The number of allylic oxidation sites excluding steroid dienone is 6. The number of nitrogens with zero attached hydrogens (tertiary/aromatic N) is 1. The molecule has 0 aliphatic heterocycles. The Hall–Kier alpha value is -0.870. The first-order valence-electron chi connectivity index (χ1n) is 8.94. The molecule has 0 amide bonds. The van der Waals surface area contributed by atoms with Crippen LogP contribution in [0.1, 0.15) is 61.3 Å². The number of rotatable bonds is 5. The Labute approximate surface area is 150 Å². The first kappa shape index (κ1) is 23.1. The van der Waals surface area contributed by atoms with Gasteiger partial charge in [-0.05, 0) is 17.4 Å². The molecule has 1 rings (SSSR count). The van der Waals surface area contributed by atoms with Gasteiger partial charge in [-0.2, -0.15) is 0 Å². The van der Waals surface area contributed by atoms with Gasteiger partial charge in [0.05, 0.1) is 6.26 Å². The Morgan fingerprint density at radius 1 is 1.08 bits per heavy atom. The van der Waals surface area contributed by atoms with Crippen LogP contribution in [0.4, 0.5) is 0 Å². The zero-order chi connectivity index (χ0) is 19.0. The van der Waals surface area contributed by atoms with Crippen LogP contribution in [0, 0.1) is 10.8 Å². The van der Waals surface area contributed by atoms with E-state index in [1.165, 1.54) is 29.0 Å². The number of sulfonamides is 1. The number of hydrogen-bond donors (Lipinski definition) is 0. The molecule has 0 bridgehead atoms. The molecule has 0 N–H and O–H groups in total. The highest BCUT2D eigenvalue weighted by atomic mass is 32.2. The molecular weight excluding hydrogens is 318 g/mol. The van der Waals surface area contributed by atoms with Crippen LogP contribution in [0.25, 0.3) is 0 Å². The van der Waals surface area contributed by atoms with Gasteiger partial charge in [-0.25, -0.2) is 12.7 Å². The molecule has 1 atom stereocenters. The summed E-state index contributed by atoms with van der Waals surface area (Å²) in [4.78, 5) is 0. The molecule has 0 aromatic carbocycles. The molecule has 1 aliphatic carbocycles. The summed E-state index contributed by atoms with van der Waals surface area (Å²) in [5.41, 5.74) is 1.91. The second-order valence-corrected chi connectivity index (χ2v) is 9.65. The van der Waals surface area contributed by atoms with E-state index < -0.39 is 10.0 Å². The molecule has 140 valence electrons. The van der Waals surface area contributed by atoms with Crippen molar-refractivity contribution in [2.45, 2.75) is 61.3 Å². The van der Waals surface area contributed by atoms with Crippen LogP contribution in [-0.4, -0.2) is 32.1 Å². The van der Waals surface area contributed by atoms with Crippen LogP contribution in [0.5, 0.6) is 0 Å². The monoisotopic (exact) mass is 355 g/mol. The van der Waals surface area contributed by atoms with Crippen molar-refractivity contribution in [2.24, 2.45) is 10.8 Å². The molecule has 0 fully saturated rings. The Morgan fingerprint density at radius 2 is 1.62 bits per heavy atom. The van der Waals surface area contributed by atoms with Gasteiger partial charge >= 0.3 is 0 Å². The van der Waals surface area contributed by atoms with Crippen molar-refractivity contribution >= 4 is 10.0 Å². The van der Waals surface area contributed by atoms with Gasteiger partial charge in [0, 0.05) is 18.5 Å². The summed E-state index contributed by atoms with van der Waals surface area (Å²) in [6, 6.07) is 0. The lowest BCUT2D eigenvalue weighted by atomic mass is 9.83. The van der Waals surface area contributed by atoms with Crippen molar-refractivity contribution < 1.29 is 8.42 Å². The predicted octanol–water partition coefficient (Wildman–Crippen LogP) is 5.18. The smallest absolute Gasteiger partial charge is 0.211 e. The third-order valence-corrected chi connectivity index (χ3v) is 5.68. The summed E-state index contributed by atoms with van der Waals surface area (Å²) >= 11 is 0. The Kier molecular flexibility index (Phi) is 9.22. The third-order valence-electron chi connectivity index (χ3n) is 4.23. The van der Waals surface area contributed by atoms with E-state index in [4.69, 9.17) is 0 Å². The van der Waals surface area contributed by atoms with E-state index in [0.29, 0.717) is 13.1 Å². The van der Waals surface area contributed by atoms with E-state index in [0.717, 1.165) is 0 Å². The van der Waals surface area contributed by atoms with E-state index in [1.807, 2.05) is 13.8 Å². The Balaban J connectivity index is 0.000000506. The van der Waals surface area contributed by atoms with Crippen LogP contribution in [-0.2, 0) is 10.0 Å². The normalized spacial score (nSPS) is 21.1. The molecular formula is C20H37NO2S. The minimum absolute atomic E-state index is 0.248. The molecule has 0 saturated heterocycles. The average Bonchev–Trinajstić information content (AvgIpc) is 2.61. The van der Waals surface area contributed by atoms with Crippen LogP contribution in [0.2, 0.25) is 0 Å². The maximum absolute atomic E-state index is 10.7. The molecule has 0 aromatic heterocycles. The minimum Gasteiger partial charge on any atom is -0.213 e. The summed E-state index contributed by atoms with van der Waals surface area (Å²) < 4.78 is 22.8. The highest BCUT2D eigenvalue weighted by molar-refractivity contribution is 7.88. The fraction of sp³-hybridized carbons (Fsp3) is 0.700. The quantitative estimate of drug-likeness (QED) is 0.681. The van der Waals surface area contributed by atoms with Gasteiger partial charge in [-0.1, -0.05) is 85.3 Å². The van der Waals surface area contributed by atoms with Crippen molar-refractivity contribution in [1.29, 1.82) is 0 Å². The van der Waals surface area contributed by atoms with Crippen molar-refractivity contribution in [1.82, 2.24) is 4.31 Å². The minimum atomic E-state index is -2.93. The van der Waals surface area contributed by atoms with Crippen LogP contribution in [0.15, 0.2) is 36.0 Å². The SMILES string of the molecule is CCCC1(C)C=CC=C(C(C)(C)C)C=C1.CCN(CC)S(C)(=O)=O. The van der Waals surface area contributed by atoms with Crippen molar-refractivity contribution in [3.05, 3.63) is 36.0 Å².